The number of aliphatic hydroxyl groups excluding tert-OH is 2. The number of piperidine rings is 1. The summed E-state index contributed by atoms with van der Waals surface area (Å²) >= 11 is 0. The fourth-order valence-corrected chi connectivity index (χ4v) is 3.77. The maximum atomic E-state index is 13.1. The Hall–Kier alpha value is -1.48. The van der Waals surface area contributed by atoms with Crippen molar-refractivity contribution in [3.8, 4) is 11.5 Å². The first kappa shape index (κ1) is 19.3. The summed E-state index contributed by atoms with van der Waals surface area (Å²) < 4.78 is 40.3. The van der Waals surface area contributed by atoms with E-state index in [2.05, 4.69) is 14.4 Å². The van der Waals surface area contributed by atoms with Crippen molar-refractivity contribution in [1.82, 2.24) is 4.90 Å². The predicted molar refractivity (Wildman–Crippen MR) is 89.2 cm³/mol. The first-order chi connectivity index (χ1) is 12.4. The van der Waals surface area contributed by atoms with E-state index in [1.807, 2.05) is 0 Å². The number of aliphatic hydroxyl groups is 2. The quantitative estimate of drug-likeness (QED) is 0.713. The fraction of sp³-hybridized carbons (Fsp3) is 0.667. The molecule has 0 amide bonds. The number of benzene rings is 1. The van der Waals surface area contributed by atoms with Crippen molar-refractivity contribution in [2.45, 2.75) is 38.2 Å². The highest BCUT2D eigenvalue weighted by molar-refractivity contribution is 5.45. The molecule has 6 nitrogen and oxygen atoms in total. The van der Waals surface area contributed by atoms with Gasteiger partial charge in [-0.15, -0.1) is 8.78 Å². The van der Waals surface area contributed by atoms with Crippen LogP contribution in [0.15, 0.2) is 18.2 Å². The average molecular weight is 373 g/mol. The molecule has 0 unspecified atom stereocenters. The van der Waals surface area contributed by atoms with E-state index in [9.17, 15) is 19.0 Å². The van der Waals surface area contributed by atoms with Crippen molar-refractivity contribution in [1.29, 1.82) is 0 Å². The molecule has 146 valence electrons. The number of ether oxygens (including phenoxy) is 3. The lowest BCUT2D eigenvalue weighted by atomic mass is 9.74. The molecule has 1 aromatic rings. The molecule has 1 fully saturated rings. The number of hydrogen-bond donors (Lipinski definition) is 2. The Labute approximate surface area is 151 Å². The number of fused-ring (bicyclic) bond motifs is 1. The highest BCUT2D eigenvalue weighted by Crippen LogP contribution is 2.42. The van der Waals surface area contributed by atoms with Crippen LogP contribution in [0.4, 0.5) is 8.78 Å². The first-order valence-corrected chi connectivity index (χ1v) is 8.76. The molecule has 0 spiro atoms. The van der Waals surface area contributed by atoms with Gasteiger partial charge in [-0.25, -0.2) is 0 Å². The van der Waals surface area contributed by atoms with Gasteiger partial charge in [0.15, 0.2) is 11.5 Å². The Morgan fingerprint density at radius 2 is 2.08 bits per heavy atom. The monoisotopic (exact) mass is 373 g/mol. The smallest absolute Gasteiger partial charge is 0.396 e. The number of rotatable bonds is 7. The Kier molecular flexibility index (Phi) is 5.67. The van der Waals surface area contributed by atoms with Crippen LogP contribution in [0.2, 0.25) is 0 Å². The van der Waals surface area contributed by atoms with Gasteiger partial charge in [0.2, 0.25) is 0 Å². The minimum atomic E-state index is -3.62. The topological polar surface area (TPSA) is 71.4 Å². The van der Waals surface area contributed by atoms with Crippen LogP contribution in [0.5, 0.6) is 11.5 Å². The number of hydrogen-bond acceptors (Lipinski definition) is 6. The van der Waals surface area contributed by atoms with Crippen LogP contribution in [0.3, 0.4) is 0 Å². The molecule has 8 heteroatoms. The van der Waals surface area contributed by atoms with E-state index in [-0.39, 0.29) is 18.1 Å². The second kappa shape index (κ2) is 7.64. The second-order valence-electron chi connectivity index (χ2n) is 7.08. The van der Waals surface area contributed by atoms with E-state index in [1.54, 1.807) is 19.2 Å². The second-order valence-corrected chi connectivity index (χ2v) is 7.08. The largest absolute Gasteiger partial charge is 0.586 e. The zero-order valence-electron chi connectivity index (χ0n) is 14.8. The van der Waals surface area contributed by atoms with E-state index in [1.165, 1.54) is 6.07 Å². The van der Waals surface area contributed by atoms with Crippen molar-refractivity contribution in [3.05, 3.63) is 23.8 Å². The van der Waals surface area contributed by atoms with Crippen molar-refractivity contribution in [2.75, 3.05) is 33.4 Å². The normalized spacial score (nSPS) is 27.7. The van der Waals surface area contributed by atoms with Crippen LogP contribution in [-0.4, -0.2) is 60.9 Å². The molecule has 1 aromatic carbocycles. The standard InChI is InChI=1S/C18H25F2NO5/c1-24-8-2-6-17(12-22)11-21(7-5-16(17)23)10-13-3-4-14-15(9-13)26-18(19,20)25-14/h3-4,9,16,22-23H,2,5-8,10-12H2,1H3/t16-,17+/m1/s1. The van der Waals surface area contributed by atoms with Crippen LogP contribution < -0.4 is 9.47 Å². The lowest BCUT2D eigenvalue weighted by Gasteiger charge is -2.45. The summed E-state index contributed by atoms with van der Waals surface area (Å²) in [6.07, 6.45) is -2.24. The first-order valence-electron chi connectivity index (χ1n) is 8.76. The van der Waals surface area contributed by atoms with Gasteiger partial charge in [0.25, 0.3) is 0 Å². The molecule has 2 aliphatic rings. The third-order valence-corrected chi connectivity index (χ3v) is 5.17. The van der Waals surface area contributed by atoms with Gasteiger partial charge in [-0.3, -0.25) is 4.90 Å². The molecular weight excluding hydrogens is 348 g/mol. The van der Waals surface area contributed by atoms with Crippen molar-refractivity contribution >= 4 is 0 Å². The van der Waals surface area contributed by atoms with Crippen LogP contribution in [-0.2, 0) is 11.3 Å². The van der Waals surface area contributed by atoms with Gasteiger partial charge in [0.05, 0.1) is 12.7 Å². The molecule has 0 bridgehead atoms. The summed E-state index contributed by atoms with van der Waals surface area (Å²) in [7, 11) is 1.62. The van der Waals surface area contributed by atoms with Crippen molar-refractivity contribution in [2.24, 2.45) is 5.41 Å². The molecule has 2 heterocycles. The third-order valence-electron chi connectivity index (χ3n) is 5.17. The Bertz CT molecular complexity index is 630. The van der Waals surface area contributed by atoms with Crippen LogP contribution in [0.1, 0.15) is 24.8 Å². The molecule has 1 saturated heterocycles. The van der Waals surface area contributed by atoms with Gasteiger partial charge < -0.3 is 24.4 Å². The fourth-order valence-electron chi connectivity index (χ4n) is 3.77. The van der Waals surface area contributed by atoms with E-state index in [0.29, 0.717) is 39.1 Å². The zero-order valence-corrected chi connectivity index (χ0v) is 14.8. The van der Waals surface area contributed by atoms with Crippen LogP contribution in [0.25, 0.3) is 0 Å². The predicted octanol–water partition coefficient (Wildman–Crippen LogP) is 1.98. The number of halogens is 2. The van der Waals surface area contributed by atoms with Gasteiger partial charge in [-0.05, 0) is 37.0 Å². The summed E-state index contributed by atoms with van der Waals surface area (Å²) in [5.41, 5.74) is 0.213. The van der Waals surface area contributed by atoms with E-state index in [0.717, 1.165) is 12.0 Å². The highest BCUT2D eigenvalue weighted by atomic mass is 19.3. The molecule has 0 aromatic heterocycles. The molecule has 3 rings (SSSR count). The SMILES string of the molecule is COCCC[C@@]1(CO)CN(Cc2ccc3c(c2)OC(F)(F)O3)CC[C@H]1O. The van der Waals surface area contributed by atoms with Crippen molar-refractivity contribution in [3.63, 3.8) is 0 Å². The van der Waals surface area contributed by atoms with Crippen molar-refractivity contribution < 1.29 is 33.2 Å². The van der Waals surface area contributed by atoms with E-state index < -0.39 is 17.8 Å². The Morgan fingerprint density at radius 3 is 2.81 bits per heavy atom. The summed E-state index contributed by atoms with van der Waals surface area (Å²) in [6, 6.07) is 4.75. The summed E-state index contributed by atoms with van der Waals surface area (Å²) in [4.78, 5) is 2.12. The molecule has 0 saturated carbocycles. The van der Waals surface area contributed by atoms with Gasteiger partial charge in [0, 0.05) is 38.8 Å². The van der Waals surface area contributed by atoms with Gasteiger partial charge >= 0.3 is 6.29 Å². The number of methoxy groups -OCH3 is 1. The minimum absolute atomic E-state index is 0.0251. The molecule has 0 aliphatic carbocycles. The van der Waals surface area contributed by atoms with Gasteiger partial charge in [-0.1, -0.05) is 6.07 Å². The van der Waals surface area contributed by atoms with Gasteiger partial charge in [0.1, 0.15) is 0 Å². The maximum absolute atomic E-state index is 13.1. The Morgan fingerprint density at radius 1 is 1.31 bits per heavy atom. The van der Waals surface area contributed by atoms with Crippen LogP contribution >= 0.6 is 0 Å². The summed E-state index contributed by atoms with van der Waals surface area (Å²) in [5.74, 6) is 0.0511. The Balaban J connectivity index is 1.67. The molecule has 0 radical (unpaired) electrons. The number of nitrogens with zero attached hydrogens (tertiary/aromatic N) is 1. The molecule has 2 aliphatic heterocycles. The molecule has 2 N–H and O–H groups in total. The lowest BCUT2D eigenvalue weighted by molar-refractivity contribution is -0.286. The average Bonchev–Trinajstić information content (AvgIpc) is 2.91. The molecule has 26 heavy (non-hydrogen) atoms. The number of alkyl halides is 2. The van der Waals surface area contributed by atoms with E-state index in [4.69, 9.17) is 4.74 Å². The van der Waals surface area contributed by atoms with Crippen LogP contribution in [0, 0.1) is 5.41 Å². The molecular formula is C18H25F2NO5. The van der Waals surface area contributed by atoms with Gasteiger partial charge in [-0.2, -0.15) is 0 Å². The third kappa shape index (κ3) is 4.09. The van der Waals surface area contributed by atoms with E-state index >= 15 is 0 Å². The summed E-state index contributed by atoms with van der Waals surface area (Å²) in [6.45, 7) is 2.17. The lowest BCUT2D eigenvalue weighted by Crippen LogP contribution is -2.53. The summed E-state index contributed by atoms with van der Waals surface area (Å²) in [5, 5.41) is 20.4. The molecule has 2 atom stereocenters. The highest BCUT2D eigenvalue weighted by Gasteiger charge is 2.44. The maximum Gasteiger partial charge on any atom is 0.586 e. The minimum Gasteiger partial charge on any atom is -0.396 e. The number of likely N-dealkylation sites (tertiary alicyclic amines) is 1. The zero-order chi connectivity index (χ0) is 18.8.